The molecule has 0 bridgehead atoms. The maximum absolute atomic E-state index is 11.2. The number of urea groups is 1. The molecule has 0 saturated heterocycles. The van der Waals surface area contributed by atoms with Gasteiger partial charge in [0.15, 0.2) is 0 Å². The second-order valence-corrected chi connectivity index (χ2v) is 5.17. The number of halogens is 1. The predicted molar refractivity (Wildman–Crippen MR) is 75.3 cm³/mol. The Hall–Kier alpha value is -0.910. The fourth-order valence-corrected chi connectivity index (χ4v) is 2.10. The van der Waals surface area contributed by atoms with E-state index >= 15 is 0 Å². The number of aliphatic hydroxyl groups is 1. The van der Waals surface area contributed by atoms with Gasteiger partial charge in [0.2, 0.25) is 0 Å². The minimum atomic E-state index is -0.194. The molecule has 6 heteroatoms. The van der Waals surface area contributed by atoms with Crippen molar-refractivity contribution in [2.75, 3.05) is 25.4 Å². The first-order valence-corrected chi connectivity index (χ1v) is 7.09. The van der Waals surface area contributed by atoms with Crippen LogP contribution in [0.15, 0.2) is 29.2 Å². The average molecular weight is 289 g/mol. The van der Waals surface area contributed by atoms with E-state index in [1.165, 1.54) is 0 Å². The van der Waals surface area contributed by atoms with Gasteiger partial charge in [-0.15, -0.1) is 11.8 Å². The van der Waals surface area contributed by atoms with Crippen molar-refractivity contribution in [3.05, 3.63) is 29.3 Å². The van der Waals surface area contributed by atoms with Gasteiger partial charge in [0.25, 0.3) is 0 Å². The Kier molecular flexibility index (Phi) is 7.64. The van der Waals surface area contributed by atoms with Crippen molar-refractivity contribution in [1.29, 1.82) is 0 Å². The molecule has 100 valence electrons. The smallest absolute Gasteiger partial charge is 0.314 e. The van der Waals surface area contributed by atoms with Crippen molar-refractivity contribution in [3.8, 4) is 0 Å². The first-order valence-electron chi connectivity index (χ1n) is 5.73. The number of hydrogen-bond acceptors (Lipinski definition) is 3. The monoisotopic (exact) mass is 288 g/mol. The second-order valence-electron chi connectivity index (χ2n) is 3.56. The van der Waals surface area contributed by atoms with Crippen LogP contribution in [0.1, 0.15) is 6.42 Å². The minimum Gasteiger partial charge on any atom is -0.396 e. The van der Waals surface area contributed by atoms with Crippen LogP contribution < -0.4 is 10.6 Å². The standard InChI is InChI=1S/C12H17ClN2O2S/c13-10-2-4-11(5-3-10)18-9-7-15-12(17)14-6-1-8-16/h2-5,16H,1,6-9H2,(H2,14,15,17). The highest BCUT2D eigenvalue weighted by molar-refractivity contribution is 7.99. The summed E-state index contributed by atoms with van der Waals surface area (Å²) >= 11 is 7.44. The predicted octanol–water partition coefficient (Wildman–Crippen LogP) is 2.11. The Morgan fingerprint density at radius 1 is 1.22 bits per heavy atom. The molecule has 0 saturated carbocycles. The van der Waals surface area contributed by atoms with Crippen LogP contribution in [0, 0.1) is 0 Å². The number of rotatable bonds is 7. The summed E-state index contributed by atoms with van der Waals surface area (Å²) in [6.45, 7) is 1.18. The molecule has 3 N–H and O–H groups in total. The molecule has 0 heterocycles. The lowest BCUT2D eigenvalue weighted by Gasteiger charge is -2.06. The molecule has 0 aliphatic carbocycles. The van der Waals surface area contributed by atoms with Crippen LogP contribution >= 0.6 is 23.4 Å². The quantitative estimate of drug-likeness (QED) is 0.532. The highest BCUT2D eigenvalue weighted by atomic mass is 35.5. The SMILES string of the molecule is O=C(NCCCO)NCCSc1ccc(Cl)cc1. The Balaban J connectivity index is 2.07. The van der Waals surface area contributed by atoms with E-state index in [9.17, 15) is 4.79 Å². The summed E-state index contributed by atoms with van der Waals surface area (Å²) in [5.41, 5.74) is 0. The molecular formula is C12H17ClN2O2S. The van der Waals surface area contributed by atoms with Crippen LogP contribution in [-0.4, -0.2) is 36.6 Å². The second kappa shape index (κ2) is 9.08. The maximum atomic E-state index is 11.2. The molecule has 0 atom stereocenters. The van der Waals surface area contributed by atoms with Gasteiger partial charge in [-0.05, 0) is 30.7 Å². The number of carbonyl (C=O) groups excluding carboxylic acids is 1. The Labute approximate surface area is 116 Å². The highest BCUT2D eigenvalue weighted by Crippen LogP contribution is 2.19. The van der Waals surface area contributed by atoms with Crippen LogP contribution in [-0.2, 0) is 0 Å². The Morgan fingerprint density at radius 2 is 1.89 bits per heavy atom. The van der Waals surface area contributed by atoms with Gasteiger partial charge in [-0.2, -0.15) is 0 Å². The Bertz CT molecular complexity index is 360. The summed E-state index contributed by atoms with van der Waals surface area (Å²) in [6, 6.07) is 7.40. The third-order valence-corrected chi connectivity index (χ3v) is 3.36. The van der Waals surface area contributed by atoms with Crippen LogP contribution in [0.2, 0.25) is 5.02 Å². The number of benzene rings is 1. The lowest BCUT2D eigenvalue weighted by Crippen LogP contribution is -2.37. The molecule has 1 rings (SSSR count). The topological polar surface area (TPSA) is 61.4 Å². The molecule has 0 spiro atoms. The third-order valence-electron chi connectivity index (χ3n) is 2.09. The lowest BCUT2D eigenvalue weighted by molar-refractivity contribution is 0.238. The molecule has 1 aromatic rings. The summed E-state index contributed by atoms with van der Waals surface area (Å²) in [7, 11) is 0. The van der Waals surface area contributed by atoms with Crippen molar-refractivity contribution in [3.63, 3.8) is 0 Å². The molecular weight excluding hydrogens is 272 g/mol. The normalized spacial score (nSPS) is 10.1. The molecule has 4 nitrogen and oxygen atoms in total. The van der Waals surface area contributed by atoms with Crippen molar-refractivity contribution < 1.29 is 9.90 Å². The first-order chi connectivity index (χ1) is 8.72. The lowest BCUT2D eigenvalue weighted by atomic mass is 10.4. The molecule has 0 fully saturated rings. The van der Waals surface area contributed by atoms with Crippen molar-refractivity contribution in [2.24, 2.45) is 0 Å². The van der Waals surface area contributed by atoms with E-state index in [2.05, 4.69) is 10.6 Å². The molecule has 0 radical (unpaired) electrons. The summed E-state index contributed by atoms with van der Waals surface area (Å²) in [5.74, 6) is 0.801. The molecule has 0 aliphatic heterocycles. The molecule has 0 aliphatic rings. The van der Waals surface area contributed by atoms with E-state index < -0.39 is 0 Å². The van der Waals surface area contributed by atoms with Crippen LogP contribution in [0.3, 0.4) is 0 Å². The van der Waals surface area contributed by atoms with E-state index in [1.807, 2.05) is 24.3 Å². The van der Waals surface area contributed by atoms with Gasteiger partial charge in [0.05, 0.1) is 0 Å². The molecule has 0 aromatic heterocycles. The first kappa shape index (κ1) is 15.1. The molecule has 0 unspecified atom stereocenters. The summed E-state index contributed by atoms with van der Waals surface area (Å²) in [6.07, 6.45) is 0.576. The van der Waals surface area contributed by atoms with Gasteiger partial charge < -0.3 is 15.7 Å². The van der Waals surface area contributed by atoms with Gasteiger partial charge in [-0.1, -0.05) is 11.6 Å². The number of thioether (sulfide) groups is 1. The van der Waals surface area contributed by atoms with Crippen molar-refractivity contribution in [1.82, 2.24) is 10.6 Å². The van der Waals surface area contributed by atoms with Gasteiger partial charge in [-0.3, -0.25) is 0 Å². The van der Waals surface area contributed by atoms with E-state index in [0.717, 1.165) is 15.7 Å². The highest BCUT2D eigenvalue weighted by Gasteiger charge is 1.99. The van der Waals surface area contributed by atoms with E-state index in [1.54, 1.807) is 11.8 Å². The molecule has 1 aromatic carbocycles. The van der Waals surface area contributed by atoms with E-state index in [0.29, 0.717) is 19.5 Å². The van der Waals surface area contributed by atoms with Gasteiger partial charge in [-0.25, -0.2) is 4.79 Å². The fraction of sp³-hybridized carbons (Fsp3) is 0.417. The number of nitrogens with one attached hydrogen (secondary N) is 2. The number of hydrogen-bond donors (Lipinski definition) is 3. The Morgan fingerprint density at radius 3 is 2.56 bits per heavy atom. The van der Waals surface area contributed by atoms with Crippen molar-refractivity contribution in [2.45, 2.75) is 11.3 Å². The van der Waals surface area contributed by atoms with Gasteiger partial charge >= 0.3 is 6.03 Å². The van der Waals surface area contributed by atoms with Crippen LogP contribution in [0.25, 0.3) is 0 Å². The van der Waals surface area contributed by atoms with Crippen LogP contribution in [0.4, 0.5) is 4.79 Å². The fourth-order valence-electron chi connectivity index (χ4n) is 1.21. The van der Waals surface area contributed by atoms with E-state index in [-0.39, 0.29) is 12.6 Å². The molecule has 2 amide bonds. The maximum Gasteiger partial charge on any atom is 0.314 e. The zero-order chi connectivity index (χ0) is 13.2. The van der Waals surface area contributed by atoms with Gasteiger partial charge in [0, 0.05) is 35.4 Å². The average Bonchev–Trinajstić information content (AvgIpc) is 2.37. The summed E-state index contributed by atoms with van der Waals surface area (Å²) < 4.78 is 0. The summed E-state index contributed by atoms with van der Waals surface area (Å²) in [5, 5.41) is 14.7. The number of amides is 2. The van der Waals surface area contributed by atoms with Gasteiger partial charge in [0.1, 0.15) is 0 Å². The zero-order valence-corrected chi connectivity index (χ0v) is 11.6. The largest absolute Gasteiger partial charge is 0.396 e. The zero-order valence-electron chi connectivity index (χ0n) is 9.99. The number of carbonyl (C=O) groups is 1. The third kappa shape index (κ3) is 6.74. The van der Waals surface area contributed by atoms with E-state index in [4.69, 9.17) is 16.7 Å². The minimum absolute atomic E-state index is 0.0900. The summed E-state index contributed by atoms with van der Waals surface area (Å²) in [4.78, 5) is 12.4. The number of aliphatic hydroxyl groups excluding tert-OH is 1. The van der Waals surface area contributed by atoms with Crippen LogP contribution in [0.5, 0.6) is 0 Å². The molecule has 18 heavy (non-hydrogen) atoms. The van der Waals surface area contributed by atoms with Crippen molar-refractivity contribution >= 4 is 29.4 Å².